The molecule has 0 spiro atoms. The zero-order valence-electron chi connectivity index (χ0n) is 16.8. The molecule has 2 aromatic heterocycles. The highest BCUT2D eigenvalue weighted by Crippen LogP contribution is 2.05. The van der Waals surface area contributed by atoms with Crippen molar-refractivity contribution >= 4 is 11.6 Å². The second kappa shape index (κ2) is 12.2. The van der Waals surface area contributed by atoms with Gasteiger partial charge >= 0.3 is 0 Å². The Labute approximate surface area is 162 Å². The summed E-state index contributed by atoms with van der Waals surface area (Å²) < 4.78 is 7.13. The van der Waals surface area contributed by atoms with Gasteiger partial charge in [0.1, 0.15) is 5.82 Å². The Bertz CT molecular complexity index is 686. The average molecular weight is 376 g/mol. The lowest BCUT2D eigenvalue weighted by molar-refractivity contribution is 0.180. The summed E-state index contributed by atoms with van der Waals surface area (Å²) in [6.45, 7) is 7.37. The Hall–Kier alpha value is -2.19. The van der Waals surface area contributed by atoms with E-state index < -0.39 is 0 Å². The molecule has 2 heterocycles. The zero-order valence-corrected chi connectivity index (χ0v) is 16.8. The van der Waals surface area contributed by atoms with Crippen molar-refractivity contribution in [3.8, 4) is 0 Å². The maximum absolute atomic E-state index is 5.09. The van der Waals surface area contributed by atoms with Crippen LogP contribution in [0.1, 0.15) is 25.6 Å². The van der Waals surface area contributed by atoms with Crippen LogP contribution < -0.4 is 10.6 Å². The predicted octanol–water partition coefficient (Wildman–Crippen LogP) is 1.19. The number of nitrogens with one attached hydrogen (secondary N) is 2. The summed E-state index contributed by atoms with van der Waals surface area (Å²) >= 11 is 0. The van der Waals surface area contributed by atoms with E-state index in [1.807, 2.05) is 28.8 Å². The van der Waals surface area contributed by atoms with Gasteiger partial charge in [-0.05, 0) is 38.9 Å². The molecule has 27 heavy (non-hydrogen) atoms. The number of ether oxygens (including phenoxy) is 1. The molecule has 0 amide bonds. The first kappa shape index (κ1) is 21.1. The van der Waals surface area contributed by atoms with Gasteiger partial charge in [0.05, 0.1) is 0 Å². The minimum atomic E-state index is 0.751. The monoisotopic (exact) mass is 375 g/mol. The first-order valence-electron chi connectivity index (χ1n) is 9.73. The average Bonchev–Trinajstić information content (AvgIpc) is 3.08. The summed E-state index contributed by atoms with van der Waals surface area (Å²) in [6.07, 6.45) is 4.85. The van der Waals surface area contributed by atoms with Crippen LogP contribution in [0.3, 0.4) is 0 Å². The van der Waals surface area contributed by atoms with Gasteiger partial charge in [0.2, 0.25) is 0 Å². The number of aryl methyl sites for hydroxylation is 1. The third kappa shape index (κ3) is 7.52. The lowest BCUT2D eigenvalue weighted by Crippen LogP contribution is -2.41. The molecule has 2 N–H and O–H groups in total. The molecule has 150 valence electrons. The molecular weight excluding hydrogens is 342 g/mol. The molecule has 2 aromatic rings. The summed E-state index contributed by atoms with van der Waals surface area (Å²) in [4.78, 5) is 6.96. The van der Waals surface area contributed by atoms with Crippen LogP contribution >= 0.6 is 0 Å². The Morgan fingerprint density at radius 2 is 2.11 bits per heavy atom. The van der Waals surface area contributed by atoms with Crippen molar-refractivity contribution in [2.24, 2.45) is 4.99 Å². The van der Waals surface area contributed by atoms with Gasteiger partial charge in [-0.1, -0.05) is 6.07 Å². The SMILES string of the molecule is CCNC(=NCCCc1nnc2ccccn12)NCCN(C)CCCOC. The highest BCUT2D eigenvalue weighted by Gasteiger charge is 2.04. The second-order valence-corrected chi connectivity index (χ2v) is 6.49. The van der Waals surface area contributed by atoms with E-state index in [4.69, 9.17) is 4.74 Å². The number of fused-ring (bicyclic) bond motifs is 1. The molecule has 2 rings (SSSR count). The molecule has 0 saturated heterocycles. The molecule has 0 aliphatic carbocycles. The summed E-state index contributed by atoms with van der Waals surface area (Å²) in [7, 11) is 3.87. The highest BCUT2D eigenvalue weighted by atomic mass is 16.5. The number of aromatic nitrogens is 3. The molecule has 0 aliphatic rings. The zero-order chi connectivity index (χ0) is 19.3. The van der Waals surface area contributed by atoms with Gasteiger partial charge in [-0.25, -0.2) is 0 Å². The highest BCUT2D eigenvalue weighted by molar-refractivity contribution is 5.79. The molecule has 0 aliphatic heterocycles. The third-order valence-electron chi connectivity index (χ3n) is 4.23. The van der Waals surface area contributed by atoms with Crippen LogP contribution in [0.4, 0.5) is 0 Å². The number of methoxy groups -OCH3 is 1. The maximum atomic E-state index is 5.09. The van der Waals surface area contributed by atoms with E-state index in [1.54, 1.807) is 7.11 Å². The molecule has 0 saturated carbocycles. The Balaban J connectivity index is 1.71. The van der Waals surface area contributed by atoms with E-state index in [-0.39, 0.29) is 0 Å². The number of rotatable bonds is 12. The number of hydrogen-bond donors (Lipinski definition) is 2. The van der Waals surface area contributed by atoms with Crippen LogP contribution in [0.2, 0.25) is 0 Å². The third-order valence-corrected chi connectivity index (χ3v) is 4.23. The molecule has 0 radical (unpaired) electrons. The van der Waals surface area contributed by atoms with E-state index in [9.17, 15) is 0 Å². The maximum Gasteiger partial charge on any atom is 0.191 e. The van der Waals surface area contributed by atoms with Crippen LogP contribution in [-0.4, -0.2) is 78.9 Å². The topological polar surface area (TPSA) is 79.1 Å². The van der Waals surface area contributed by atoms with Crippen molar-refractivity contribution in [2.75, 3.05) is 53.5 Å². The van der Waals surface area contributed by atoms with Crippen molar-refractivity contribution in [1.82, 2.24) is 30.1 Å². The van der Waals surface area contributed by atoms with Crippen molar-refractivity contribution < 1.29 is 4.74 Å². The fourth-order valence-corrected chi connectivity index (χ4v) is 2.79. The molecule has 0 unspecified atom stereocenters. The standard InChI is InChI=1S/C19H33N7O/c1-4-20-19(22-12-15-25(2)13-8-16-27-3)21-11-7-10-18-24-23-17-9-5-6-14-26(17)18/h5-6,9,14H,4,7-8,10-13,15-16H2,1-3H3,(H2,20,21,22). The van der Waals surface area contributed by atoms with E-state index >= 15 is 0 Å². The lowest BCUT2D eigenvalue weighted by atomic mass is 10.3. The van der Waals surface area contributed by atoms with Gasteiger partial charge in [0.25, 0.3) is 0 Å². The smallest absolute Gasteiger partial charge is 0.191 e. The fraction of sp³-hybridized carbons (Fsp3) is 0.632. The van der Waals surface area contributed by atoms with Crippen LogP contribution in [0.25, 0.3) is 5.65 Å². The first-order chi connectivity index (χ1) is 13.2. The Kier molecular flexibility index (Phi) is 9.57. The largest absolute Gasteiger partial charge is 0.385 e. The van der Waals surface area contributed by atoms with Crippen LogP contribution in [0.5, 0.6) is 0 Å². The number of aliphatic imine (C=N–C) groups is 1. The van der Waals surface area contributed by atoms with E-state index in [2.05, 4.69) is 44.7 Å². The Morgan fingerprint density at radius 3 is 2.93 bits per heavy atom. The molecular formula is C19H33N7O. The van der Waals surface area contributed by atoms with E-state index in [0.717, 1.165) is 76.0 Å². The normalized spacial score (nSPS) is 12.1. The van der Waals surface area contributed by atoms with Crippen molar-refractivity contribution in [2.45, 2.75) is 26.2 Å². The van der Waals surface area contributed by atoms with Gasteiger partial charge < -0.3 is 20.3 Å². The van der Waals surface area contributed by atoms with Crippen LogP contribution in [0, 0.1) is 0 Å². The van der Waals surface area contributed by atoms with Crippen LogP contribution in [-0.2, 0) is 11.2 Å². The van der Waals surface area contributed by atoms with Crippen LogP contribution in [0.15, 0.2) is 29.4 Å². The second-order valence-electron chi connectivity index (χ2n) is 6.49. The molecule has 0 aromatic carbocycles. The van der Waals surface area contributed by atoms with Gasteiger partial charge in [0, 0.05) is 59.1 Å². The number of pyridine rings is 1. The summed E-state index contributed by atoms with van der Waals surface area (Å²) in [5, 5.41) is 15.1. The summed E-state index contributed by atoms with van der Waals surface area (Å²) in [6, 6.07) is 5.94. The van der Waals surface area contributed by atoms with E-state index in [1.165, 1.54) is 0 Å². The van der Waals surface area contributed by atoms with Gasteiger partial charge in [-0.3, -0.25) is 9.39 Å². The number of nitrogens with zero attached hydrogens (tertiary/aromatic N) is 5. The minimum absolute atomic E-state index is 0.751. The lowest BCUT2D eigenvalue weighted by Gasteiger charge is -2.18. The quantitative estimate of drug-likeness (QED) is 0.330. The molecule has 0 bridgehead atoms. The summed E-state index contributed by atoms with van der Waals surface area (Å²) in [5.74, 6) is 1.85. The molecule has 0 fully saturated rings. The number of guanidine groups is 1. The number of hydrogen-bond acceptors (Lipinski definition) is 5. The van der Waals surface area contributed by atoms with Gasteiger partial charge in [0.15, 0.2) is 11.6 Å². The fourth-order valence-electron chi connectivity index (χ4n) is 2.79. The molecule has 8 nitrogen and oxygen atoms in total. The van der Waals surface area contributed by atoms with Crippen molar-refractivity contribution in [3.05, 3.63) is 30.2 Å². The number of likely N-dealkylation sites (N-methyl/N-ethyl adjacent to an activating group) is 1. The Morgan fingerprint density at radius 1 is 1.22 bits per heavy atom. The van der Waals surface area contributed by atoms with E-state index in [0.29, 0.717) is 0 Å². The van der Waals surface area contributed by atoms with Gasteiger partial charge in [-0.2, -0.15) is 0 Å². The first-order valence-corrected chi connectivity index (χ1v) is 9.73. The van der Waals surface area contributed by atoms with Gasteiger partial charge in [-0.15, -0.1) is 10.2 Å². The minimum Gasteiger partial charge on any atom is -0.385 e. The predicted molar refractivity (Wildman–Crippen MR) is 109 cm³/mol. The summed E-state index contributed by atoms with van der Waals surface area (Å²) in [5.41, 5.74) is 0.889. The molecule has 8 heteroatoms. The van der Waals surface area contributed by atoms with Crippen molar-refractivity contribution in [1.29, 1.82) is 0 Å². The van der Waals surface area contributed by atoms with Crippen molar-refractivity contribution in [3.63, 3.8) is 0 Å². The molecule has 0 atom stereocenters.